The summed E-state index contributed by atoms with van der Waals surface area (Å²) in [6, 6.07) is 10.9. The third-order valence-electron chi connectivity index (χ3n) is 4.96. The summed E-state index contributed by atoms with van der Waals surface area (Å²) >= 11 is 0. The summed E-state index contributed by atoms with van der Waals surface area (Å²) in [7, 11) is 0. The summed E-state index contributed by atoms with van der Waals surface area (Å²) in [5.74, 6) is 1.41. The van der Waals surface area contributed by atoms with Crippen LogP contribution in [-0.2, 0) is 6.42 Å². The van der Waals surface area contributed by atoms with Gasteiger partial charge in [0.15, 0.2) is 5.60 Å². The number of rotatable bonds is 3. The Hall–Kier alpha value is -2.09. The fourth-order valence-corrected chi connectivity index (χ4v) is 3.43. The van der Waals surface area contributed by atoms with Crippen LogP contribution in [0.2, 0.25) is 0 Å². The van der Waals surface area contributed by atoms with Gasteiger partial charge in [-0.1, -0.05) is 44.2 Å². The molecule has 1 heterocycles. The normalized spacial score (nSPS) is 15.5. The molecule has 0 saturated heterocycles. The average molecular weight is 322 g/mol. The second kappa shape index (κ2) is 5.77. The van der Waals surface area contributed by atoms with Gasteiger partial charge in [0.25, 0.3) is 0 Å². The first-order valence-electron chi connectivity index (χ1n) is 8.66. The number of carbonyl (C=O) groups excluding carboxylic acids is 1. The predicted molar refractivity (Wildman–Crippen MR) is 98.3 cm³/mol. The van der Waals surface area contributed by atoms with Gasteiger partial charge in [-0.2, -0.15) is 0 Å². The molecule has 0 bridgehead atoms. The lowest BCUT2D eigenvalue weighted by Gasteiger charge is -2.18. The second-order valence-electron chi connectivity index (χ2n) is 7.71. The van der Waals surface area contributed by atoms with Crippen LogP contribution in [0.3, 0.4) is 0 Å². The molecule has 0 aliphatic carbocycles. The number of fused-ring (bicyclic) bond motifs is 1. The summed E-state index contributed by atoms with van der Waals surface area (Å²) in [6.45, 7) is 12.2. The molecule has 0 aromatic heterocycles. The zero-order valence-corrected chi connectivity index (χ0v) is 15.5. The molecule has 24 heavy (non-hydrogen) atoms. The lowest BCUT2D eigenvalue weighted by atomic mass is 9.90. The third-order valence-corrected chi connectivity index (χ3v) is 4.96. The van der Waals surface area contributed by atoms with Crippen LogP contribution in [0, 0.1) is 13.8 Å². The third kappa shape index (κ3) is 2.75. The number of hydrogen-bond acceptors (Lipinski definition) is 2. The quantitative estimate of drug-likeness (QED) is 0.759. The summed E-state index contributed by atoms with van der Waals surface area (Å²) < 4.78 is 6.08. The summed E-state index contributed by atoms with van der Waals surface area (Å²) in [4.78, 5) is 12.6. The molecule has 2 nitrogen and oxygen atoms in total. The number of ether oxygens (including phenoxy) is 1. The Morgan fingerprint density at radius 1 is 1.04 bits per heavy atom. The maximum Gasteiger partial charge on any atom is 0.209 e. The van der Waals surface area contributed by atoms with Crippen molar-refractivity contribution in [1.82, 2.24) is 0 Å². The molecule has 0 unspecified atom stereocenters. The number of benzene rings is 2. The highest BCUT2D eigenvalue weighted by Crippen LogP contribution is 2.41. The van der Waals surface area contributed by atoms with E-state index in [9.17, 15) is 4.79 Å². The van der Waals surface area contributed by atoms with Crippen LogP contribution in [0.4, 0.5) is 0 Å². The number of hydrogen-bond donors (Lipinski definition) is 0. The second-order valence-corrected chi connectivity index (χ2v) is 7.71. The Morgan fingerprint density at radius 2 is 1.67 bits per heavy atom. The van der Waals surface area contributed by atoms with Gasteiger partial charge in [-0.15, -0.1) is 0 Å². The van der Waals surface area contributed by atoms with E-state index in [2.05, 4.69) is 51.1 Å². The molecule has 0 N–H and O–H groups in total. The van der Waals surface area contributed by atoms with E-state index in [4.69, 9.17) is 4.74 Å². The molecule has 126 valence electrons. The number of Topliss-reactive ketones (excluding diaryl/α,β-unsaturated/α-hetero) is 1. The molecular formula is C22H26O2. The molecule has 2 aromatic rings. The van der Waals surface area contributed by atoms with Crippen molar-refractivity contribution < 1.29 is 9.53 Å². The minimum absolute atomic E-state index is 0.0893. The zero-order valence-electron chi connectivity index (χ0n) is 15.5. The van der Waals surface area contributed by atoms with Crippen LogP contribution in [-0.4, -0.2) is 11.4 Å². The van der Waals surface area contributed by atoms with Gasteiger partial charge in [0.1, 0.15) is 5.75 Å². The molecule has 0 radical (unpaired) electrons. The zero-order chi connectivity index (χ0) is 17.6. The maximum absolute atomic E-state index is 12.6. The van der Waals surface area contributed by atoms with Crippen LogP contribution in [0.5, 0.6) is 5.75 Å². The molecule has 0 amide bonds. The number of carbonyl (C=O) groups is 1. The summed E-state index contributed by atoms with van der Waals surface area (Å²) in [6.07, 6.45) is 0.788. The van der Waals surface area contributed by atoms with Gasteiger partial charge in [0.2, 0.25) is 5.78 Å². The van der Waals surface area contributed by atoms with Crippen molar-refractivity contribution >= 4 is 5.78 Å². The first-order chi connectivity index (χ1) is 11.2. The van der Waals surface area contributed by atoms with E-state index < -0.39 is 5.60 Å². The molecule has 0 atom stereocenters. The van der Waals surface area contributed by atoms with E-state index in [1.54, 1.807) is 0 Å². The van der Waals surface area contributed by atoms with Gasteiger partial charge in [-0.25, -0.2) is 0 Å². The summed E-state index contributed by atoms with van der Waals surface area (Å²) in [5, 5.41) is 0. The lowest BCUT2D eigenvalue weighted by Crippen LogP contribution is -2.32. The van der Waals surface area contributed by atoms with Crippen molar-refractivity contribution in [3.8, 4) is 5.75 Å². The van der Waals surface area contributed by atoms with Gasteiger partial charge < -0.3 is 4.74 Å². The van der Waals surface area contributed by atoms with Crippen molar-refractivity contribution in [1.29, 1.82) is 0 Å². The van der Waals surface area contributed by atoms with Crippen molar-refractivity contribution in [3.63, 3.8) is 0 Å². The Balaban J connectivity index is 2.02. The molecule has 0 spiro atoms. The van der Waals surface area contributed by atoms with Gasteiger partial charge in [-0.05, 0) is 55.9 Å². The fourth-order valence-electron chi connectivity index (χ4n) is 3.43. The Bertz CT molecular complexity index is 796. The van der Waals surface area contributed by atoms with Crippen LogP contribution >= 0.6 is 0 Å². The number of ketones is 1. The topological polar surface area (TPSA) is 26.3 Å². The predicted octanol–water partition coefficient (Wildman–Crippen LogP) is 5.37. The van der Waals surface area contributed by atoms with Crippen LogP contribution in [0.15, 0.2) is 30.3 Å². The smallest absolute Gasteiger partial charge is 0.209 e. The van der Waals surface area contributed by atoms with E-state index in [0.29, 0.717) is 5.92 Å². The van der Waals surface area contributed by atoms with Crippen molar-refractivity contribution in [2.24, 2.45) is 0 Å². The van der Waals surface area contributed by atoms with Gasteiger partial charge in [0, 0.05) is 12.0 Å². The van der Waals surface area contributed by atoms with E-state index in [0.717, 1.165) is 28.9 Å². The van der Waals surface area contributed by atoms with Crippen LogP contribution in [0.1, 0.15) is 71.8 Å². The minimum atomic E-state index is -0.767. The highest BCUT2D eigenvalue weighted by molar-refractivity contribution is 6.08. The molecular weight excluding hydrogens is 296 g/mol. The molecule has 2 aromatic carbocycles. The average Bonchev–Trinajstić information content (AvgIpc) is 2.74. The highest BCUT2D eigenvalue weighted by Gasteiger charge is 2.42. The van der Waals surface area contributed by atoms with Crippen LogP contribution in [0.25, 0.3) is 0 Å². The molecule has 2 heteroatoms. The van der Waals surface area contributed by atoms with Gasteiger partial charge in [0.05, 0.1) is 5.56 Å². The van der Waals surface area contributed by atoms with Crippen molar-refractivity contribution in [2.45, 2.75) is 59.5 Å². The SMILES string of the molecule is Cc1cc(C)c2c(c1Cc1ccc(C(C)C)cc1)OC(C)(C)C2=O. The van der Waals surface area contributed by atoms with Crippen molar-refractivity contribution in [2.75, 3.05) is 0 Å². The molecule has 0 fully saturated rings. The van der Waals surface area contributed by atoms with Crippen LogP contribution < -0.4 is 4.74 Å². The van der Waals surface area contributed by atoms with Gasteiger partial charge in [-0.3, -0.25) is 4.79 Å². The Morgan fingerprint density at radius 3 is 2.25 bits per heavy atom. The maximum atomic E-state index is 12.6. The monoisotopic (exact) mass is 322 g/mol. The molecule has 3 rings (SSSR count). The fraction of sp³-hybridized carbons (Fsp3) is 0.409. The minimum Gasteiger partial charge on any atom is -0.479 e. The largest absolute Gasteiger partial charge is 0.479 e. The standard InChI is InChI=1S/C22H26O2/c1-13(2)17-9-7-16(8-10-17)12-18-14(3)11-15(4)19-20(18)24-22(5,6)21(19)23/h7-11,13H,12H2,1-6H3. The molecule has 0 saturated carbocycles. The highest BCUT2D eigenvalue weighted by atomic mass is 16.5. The summed E-state index contributed by atoms with van der Waals surface area (Å²) in [5.41, 5.74) is 5.91. The van der Waals surface area contributed by atoms with E-state index in [1.165, 1.54) is 16.7 Å². The van der Waals surface area contributed by atoms with Gasteiger partial charge >= 0.3 is 0 Å². The Labute approximate surface area is 144 Å². The first kappa shape index (κ1) is 16.8. The van der Waals surface area contributed by atoms with E-state index >= 15 is 0 Å². The first-order valence-corrected chi connectivity index (χ1v) is 8.66. The van der Waals surface area contributed by atoms with E-state index in [-0.39, 0.29) is 5.78 Å². The molecule has 1 aliphatic heterocycles. The van der Waals surface area contributed by atoms with E-state index in [1.807, 2.05) is 20.8 Å². The lowest BCUT2D eigenvalue weighted by molar-refractivity contribution is 0.0682. The number of aryl methyl sites for hydroxylation is 2. The molecule has 1 aliphatic rings. The Kier molecular flexibility index (Phi) is 4.03. The van der Waals surface area contributed by atoms with Crippen molar-refractivity contribution in [3.05, 3.63) is 63.7 Å².